The smallest absolute Gasteiger partial charge is 0.317 e. The van der Waals surface area contributed by atoms with Crippen molar-refractivity contribution in [3.63, 3.8) is 0 Å². The van der Waals surface area contributed by atoms with Gasteiger partial charge in [-0.1, -0.05) is 11.6 Å². The van der Waals surface area contributed by atoms with E-state index in [1.165, 1.54) is 6.20 Å². The molecule has 3 aromatic rings. The predicted octanol–water partition coefficient (Wildman–Crippen LogP) is 3.74. The van der Waals surface area contributed by atoms with Gasteiger partial charge in [-0.05, 0) is 44.6 Å². The number of pyridine rings is 1. The molecular weight excluding hydrogens is 435 g/mol. The van der Waals surface area contributed by atoms with Crippen LogP contribution in [0.25, 0.3) is 22.6 Å². The molecule has 1 unspecified atom stereocenters. The van der Waals surface area contributed by atoms with Gasteiger partial charge in [-0.3, -0.25) is 5.10 Å². The number of hydrogen-bond donors (Lipinski definition) is 3. The molecular formula is C21H24ClFN8O. The zero-order chi connectivity index (χ0) is 22.1. The van der Waals surface area contributed by atoms with Crippen molar-refractivity contribution in [1.82, 2.24) is 35.4 Å². The number of hydrogen-bond acceptors (Lipinski definition) is 6. The van der Waals surface area contributed by atoms with E-state index in [0.717, 1.165) is 51.4 Å². The van der Waals surface area contributed by atoms with Crippen molar-refractivity contribution in [2.24, 2.45) is 0 Å². The maximum Gasteiger partial charge on any atom is 0.317 e. The molecule has 11 heteroatoms. The number of aromatic amines is 1. The van der Waals surface area contributed by atoms with Crippen LogP contribution in [0.15, 0.2) is 18.5 Å². The Morgan fingerprint density at radius 1 is 1.16 bits per heavy atom. The van der Waals surface area contributed by atoms with Crippen molar-refractivity contribution in [3.8, 4) is 11.5 Å². The van der Waals surface area contributed by atoms with E-state index in [9.17, 15) is 9.18 Å². The van der Waals surface area contributed by atoms with E-state index in [-0.39, 0.29) is 29.8 Å². The Kier molecular flexibility index (Phi) is 5.77. The molecule has 1 saturated heterocycles. The van der Waals surface area contributed by atoms with Crippen LogP contribution in [0.1, 0.15) is 38.5 Å². The first kappa shape index (κ1) is 20.9. The number of amides is 2. The molecule has 5 rings (SSSR count). The zero-order valence-corrected chi connectivity index (χ0v) is 18.2. The van der Waals surface area contributed by atoms with Crippen LogP contribution in [0, 0.1) is 5.82 Å². The van der Waals surface area contributed by atoms with E-state index in [1.54, 1.807) is 6.07 Å². The number of nitrogens with one attached hydrogen (secondary N) is 3. The quantitative estimate of drug-likeness (QED) is 0.549. The normalized spacial score (nSPS) is 21.1. The second-order valence-electron chi connectivity index (χ2n) is 8.36. The Balaban J connectivity index is 1.30. The van der Waals surface area contributed by atoms with E-state index in [1.807, 2.05) is 4.90 Å². The van der Waals surface area contributed by atoms with Crippen LogP contribution in [0.2, 0.25) is 5.02 Å². The lowest BCUT2D eigenvalue weighted by molar-refractivity contribution is 0.199. The maximum absolute atomic E-state index is 14.5. The topological polar surface area (TPSA) is 112 Å². The minimum atomic E-state index is -0.534. The van der Waals surface area contributed by atoms with Crippen molar-refractivity contribution in [2.45, 2.75) is 50.6 Å². The van der Waals surface area contributed by atoms with Crippen LogP contribution in [-0.4, -0.2) is 61.3 Å². The number of carbonyl (C=O) groups excluding carboxylic acids is 1. The Morgan fingerprint density at radius 2 is 1.97 bits per heavy atom. The second kappa shape index (κ2) is 8.85. The van der Waals surface area contributed by atoms with Gasteiger partial charge in [0.05, 0.1) is 16.6 Å². The van der Waals surface area contributed by atoms with E-state index in [4.69, 9.17) is 11.6 Å². The molecule has 32 heavy (non-hydrogen) atoms. The van der Waals surface area contributed by atoms with Crippen molar-refractivity contribution in [3.05, 3.63) is 29.3 Å². The molecule has 0 aromatic carbocycles. The largest absolute Gasteiger partial charge is 0.365 e. The van der Waals surface area contributed by atoms with E-state index in [2.05, 4.69) is 35.8 Å². The van der Waals surface area contributed by atoms with Gasteiger partial charge in [-0.25, -0.2) is 24.1 Å². The lowest BCUT2D eigenvalue weighted by atomic mass is 9.91. The standard InChI is InChI=1S/C21H24ClFN8O/c22-12-8-15-17(29-30-18(15)24-10-12)20-25-11-16(23)19(28-20)26-13-4-3-5-14(9-13)27-21(32)31-6-1-2-7-31/h8,10-11,13-14H,1-7,9H2,(H,27,32)(H,24,29,30)(H,25,26,28)/t13?,14-/m1/s1. The third-order valence-corrected chi connectivity index (χ3v) is 6.28. The summed E-state index contributed by atoms with van der Waals surface area (Å²) in [5.74, 6) is -0.135. The van der Waals surface area contributed by atoms with E-state index < -0.39 is 5.82 Å². The number of carbonyl (C=O) groups is 1. The first-order chi connectivity index (χ1) is 15.6. The molecule has 2 atom stereocenters. The summed E-state index contributed by atoms with van der Waals surface area (Å²) in [5.41, 5.74) is 1.01. The third kappa shape index (κ3) is 4.32. The number of rotatable bonds is 4. The summed E-state index contributed by atoms with van der Waals surface area (Å²) >= 11 is 6.06. The zero-order valence-electron chi connectivity index (χ0n) is 17.4. The summed E-state index contributed by atoms with van der Waals surface area (Å²) in [6.07, 6.45) is 8.23. The van der Waals surface area contributed by atoms with Gasteiger partial charge in [0.15, 0.2) is 23.1 Å². The molecule has 1 saturated carbocycles. The Bertz CT molecular complexity index is 1130. The van der Waals surface area contributed by atoms with Gasteiger partial charge in [-0.2, -0.15) is 5.10 Å². The molecule has 9 nitrogen and oxygen atoms in total. The van der Waals surface area contributed by atoms with Gasteiger partial charge in [0, 0.05) is 31.4 Å². The fourth-order valence-corrected chi connectivity index (χ4v) is 4.62. The summed E-state index contributed by atoms with van der Waals surface area (Å²) in [7, 11) is 0. The van der Waals surface area contributed by atoms with Crippen LogP contribution >= 0.6 is 11.6 Å². The fourth-order valence-electron chi connectivity index (χ4n) is 4.46. The molecule has 0 spiro atoms. The summed E-state index contributed by atoms with van der Waals surface area (Å²) in [5, 5.41) is 14.5. The maximum atomic E-state index is 14.5. The van der Waals surface area contributed by atoms with Gasteiger partial charge in [0.2, 0.25) is 0 Å². The number of likely N-dealkylation sites (tertiary alicyclic amines) is 1. The van der Waals surface area contributed by atoms with Crippen molar-refractivity contribution < 1.29 is 9.18 Å². The average molecular weight is 459 g/mol. The number of anilines is 1. The van der Waals surface area contributed by atoms with Gasteiger partial charge >= 0.3 is 6.03 Å². The van der Waals surface area contributed by atoms with E-state index >= 15 is 0 Å². The molecule has 2 aliphatic rings. The number of H-pyrrole nitrogens is 1. The molecule has 168 valence electrons. The van der Waals surface area contributed by atoms with E-state index in [0.29, 0.717) is 28.2 Å². The van der Waals surface area contributed by atoms with Gasteiger partial charge in [0.1, 0.15) is 5.69 Å². The first-order valence-electron chi connectivity index (χ1n) is 10.9. The number of aromatic nitrogens is 5. The Hall–Kier alpha value is -3.01. The lowest BCUT2D eigenvalue weighted by Crippen LogP contribution is -2.47. The minimum Gasteiger partial charge on any atom is -0.365 e. The average Bonchev–Trinajstić information content (AvgIpc) is 3.46. The highest BCUT2D eigenvalue weighted by atomic mass is 35.5. The molecule has 1 aliphatic carbocycles. The van der Waals surface area contributed by atoms with Crippen molar-refractivity contribution in [2.75, 3.05) is 18.4 Å². The van der Waals surface area contributed by atoms with Crippen molar-refractivity contribution in [1.29, 1.82) is 0 Å². The molecule has 2 fully saturated rings. The van der Waals surface area contributed by atoms with Crippen LogP contribution in [0.4, 0.5) is 15.0 Å². The van der Waals surface area contributed by atoms with Crippen LogP contribution in [-0.2, 0) is 0 Å². The Labute approximate surface area is 189 Å². The summed E-state index contributed by atoms with van der Waals surface area (Å²) < 4.78 is 14.5. The highest BCUT2D eigenvalue weighted by Gasteiger charge is 2.27. The molecule has 1 aliphatic heterocycles. The van der Waals surface area contributed by atoms with Crippen LogP contribution in [0.3, 0.4) is 0 Å². The van der Waals surface area contributed by atoms with Crippen molar-refractivity contribution >= 4 is 34.5 Å². The second-order valence-corrected chi connectivity index (χ2v) is 8.80. The number of nitrogens with zero attached hydrogens (tertiary/aromatic N) is 5. The predicted molar refractivity (Wildman–Crippen MR) is 119 cm³/mol. The number of halogens is 2. The van der Waals surface area contributed by atoms with Gasteiger partial charge in [-0.15, -0.1) is 0 Å². The highest BCUT2D eigenvalue weighted by Crippen LogP contribution is 2.28. The van der Waals surface area contributed by atoms with Gasteiger partial charge in [0.25, 0.3) is 0 Å². The third-order valence-electron chi connectivity index (χ3n) is 6.07. The molecule has 4 heterocycles. The number of fused-ring (bicyclic) bond motifs is 1. The molecule has 0 bridgehead atoms. The monoisotopic (exact) mass is 458 g/mol. The fraction of sp³-hybridized carbons (Fsp3) is 0.476. The lowest BCUT2D eigenvalue weighted by Gasteiger charge is -2.31. The Morgan fingerprint density at radius 3 is 2.81 bits per heavy atom. The highest BCUT2D eigenvalue weighted by molar-refractivity contribution is 6.31. The first-order valence-corrected chi connectivity index (χ1v) is 11.3. The molecule has 2 amide bonds. The molecule has 0 radical (unpaired) electrons. The summed E-state index contributed by atoms with van der Waals surface area (Å²) in [6.45, 7) is 1.63. The summed E-state index contributed by atoms with van der Waals surface area (Å²) in [4.78, 5) is 27.0. The summed E-state index contributed by atoms with van der Waals surface area (Å²) in [6, 6.07) is 1.78. The number of urea groups is 1. The van der Waals surface area contributed by atoms with Crippen LogP contribution in [0.5, 0.6) is 0 Å². The molecule has 3 aromatic heterocycles. The van der Waals surface area contributed by atoms with Crippen LogP contribution < -0.4 is 10.6 Å². The SMILES string of the molecule is O=C(N[C@@H]1CCCC(Nc2nc(-c3n[nH]c4ncc(Cl)cc34)ncc2F)C1)N1CCCC1. The molecule has 3 N–H and O–H groups in total. The van der Waals surface area contributed by atoms with Gasteiger partial charge < -0.3 is 15.5 Å². The minimum absolute atomic E-state index is 0.00123.